The molecular weight excluding hydrogens is 305 g/mol. The van der Waals surface area contributed by atoms with Gasteiger partial charge in [-0.1, -0.05) is 11.6 Å². The summed E-state index contributed by atoms with van der Waals surface area (Å²) in [6.45, 7) is 0. The van der Waals surface area contributed by atoms with E-state index in [1.807, 2.05) is 0 Å². The van der Waals surface area contributed by atoms with Gasteiger partial charge in [0, 0.05) is 20.2 Å². The summed E-state index contributed by atoms with van der Waals surface area (Å²) in [4.78, 5) is 12.5. The molecule has 2 amide bonds. The number of anilines is 1. The fraction of sp³-hybridized carbons (Fsp3) is 0.300. The molecule has 0 fully saturated rings. The minimum atomic E-state index is -0.888. The molecular formula is C10H10Cl2F2N2OS. The van der Waals surface area contributed by atoms with Crippen LogP contribution in [0, 0.1) is 11.6 Å². The molecule has 3 nitrogen and oxygen atoms in total. The van der Waals surface area contributed by atoms with Gasteiger partial charge in [0.25, 0.3) is 0 Å². The van der Waals surface area contributed by atoms with E-state index >= 15 is 0 Å². The van der Waals surface area contributed by atoms with Crippen LogP contribution in [0.5, 0.6) is 0 Å². The number of hydrogen-bond donors (Lipinski definition) is 1. The molecule has 8 heteroatoms. The molecule has 18 heavy (non-hydrogen) atoms. The molecule has 1 aromatic carbocycles. The standard InChI is InChI=1S/C10H10Cl2F2N2OS/c1-16(2)10(17)15-6-3-5(13)9(18-4-11)7(12)8(6)14/h3H,4H2,1-2H3,(H,15,17). The zero-order chi connectivity index (χ0) is 13.9. The number of urea groups is 1. The molecule has 0 unspecified atom stereocenters. The van der Waals surface area contributed by atoms with E-state index in [2.05, 4.69) is 5.32 Å². The number of nitrogens with zero attached hydrogens (tertiary/aromatic N) is 1. The maximum absolute atomic E-state index is 13.8. The first-order valence-corrected chi connectivity index (χ1v) is 6.62. The fourth-order valence-corrected chi connectivity index (χ4v) is 2.29. The minimum absolute atomic E-state index is 0.0412. The maximum atomic E-state index is 13.8. The van der Waals surface area contributed by atoms with Crippen LogP contribution in [-0.2, 0) is 0 Å². The highest BCUT2D eigenvalue weighted by molar-refractivity contribution is 8.00. The van der Waals surface area contributed by atoms with Gasteiger partial charge in [0.05, 0.1) is 20.8 Å². The van der Waals surface area contributed by atoms with Crippen molar-refractivity contribution in [3.63, 3.8) is 0 Å². The first kappa shape index (κ1) is 15.3. The smallest absolute Gasteiger partial charge is 0.321 e. The van der Waals surface area contributed by atoms with Crippen LogP contribution >= 0.6 is 35.0 Å². The second-order valence-corrected chi connectivity index (χ2v) is 5.39. The van der Waals surface area contributed by atoms with Crippen LogP contribution in [0.3, 0.4) is 0 Å². The van der Waals surface area contributed by atoms with E-state index in [1.54, 1.807) is 0 Å². The normalized spacial score (nSPS) is 10.3. The Morgan fingerprint density at radius 1 is 1.50 bits per heavy atom. The third-order valence-electron chi connectivity index (χ3n) is 1.96. The predicted octanol–water partition coefficient (Wildman–Crippen LogP) is 4.00. The van der Waals surface area contributed by atoms with Gasteiger partial charge in [-0.05, 0) is 0 Å². The van der Waals surface area contributed by atoms with Crippen LogP contribution in [0.25, 0.3) is 0 Å². The number of halogens is 4. The molecule has 0 aliphatic carbocycles. The highest BCUT2D eigenvalue weighted by Crippen LogP contribution is 2.36. The summed E-state index contributed by atoms with van der Waals surface area (Å²) in [5.74, 6) is -1.62. The van der Waals surface area contributed by atoms with E-state index in [-0.39, 0.29) is 15.8 Å². The summed E-state index contributed by atoms with van der Waals surface area (Å²) in [5.41, 5.74) is -0.310. The molecule has 0 atom stereocenters. The van der Waals surface area contributed by atoms with Crippen molar-refractivity contribution in [2.75, 3.05) is 24.6 Å². The summed E-state index contributed by atoms with van der Waals surface area (Å²) in [5, 5.41) is 1.85. The Labute approximate surface area is 117 Å². The van der Waals surface area contributed by atoms with Crippen molar-refractivity contribution in [3.8, 4) is 0 Å². The lowest BCUT2D eigenvalue weighted by Crippen LogP contribution is -2.27. The van der Waals surface area contributed by atoms with Crippen LogP contribution in [-0.4, -0.2) is 30.2 Å². The van der Waals surface area contributed by atoms with Crippen molar-refractivity contribution >= 4 is 46.7 Å². The second-order valence-electron chi connectivity index (χ2n) is 3.44. The topological polar surface area (TPSA) is 32.3 Å². The number of hydrogen-bond acceptors (Lipinski definition) is 2. The average Bonchev–Trinajstić information content (AvgIpc) is 2.31. The first-order chi connectivity index (χ1) is 8.38. The van der Waals surface area contributed by atoms with Crippen molar-refractivity contribution in [1.29, 1.82) is 0 Å². The molecule has 0 saturated heterocycles. The van der Waals surface area contributed by atoms with Crippen LogP contribution < -0.4 is 5.32 Å². The Hall–Kier alpha value is -0.720. The van der Waals surface area contributed by atoms with Gasteiger partial charge in [-0.15, -0.1) is 23.4 Å². The summed E-state index contributed by atoms with van der Waals surface area (Å²) in [7, 11) is 2.95. The number of nitrogens with one attached hydrogen (secondary N) is 1. The lowest BCUT2D eigenvalue weighted by atomic mass is 10.3. The quantitative estimate of drug-likeness (QED) is 0.519. The fourth-order valence-electron chi connectivity index (χ4n) is 1.08. The predicted molar refractivity (Wildman–Crippen MR) is 70.7 cm³/mol. The van der Waals surface area contributed by atoms with Gasteiger partial charge in [-0.25, -0.2) is 13.6 Å². The van der Waals surface area contributed by atoms with E-state index in [0.717, 1.165) is 17.8 Å². The van der Waals surface area contributed by atoms with Crippen molar-refractivity contribution in [2.24, 2.45) is 0 Å². The van der Waals surface area contributed by atoms with Gasteiger partial charge < -0.3 is 10.2 Å². The van der Waals surface area contributed by atoms with Crippen molar-refractivity contribution in [3.05, 3.63) is 22.7 Å². The number of amides is 2. The van der Waals surface area contributed by atoms with E-state index in [1.165, 1.54) is 19.0 Å². The van der Waals surface area contributed by atoms with Crippen molar-refractivity contribution < 1.29 is 13.6 Å². The number of alkyl halides is 1. The Morgan fingerprint density at radius 3 is 2.61 bits per heavy atom. The zero-order valence-electron chi connectivity index (χ0n) is 9.56. The molecule has 0 bridgehead atoms. The molecule has 0 radical (unpaired) electrons. The molecule has 1 N–H and O–H groups in total. The molecule has 0 spiro atoms. The van der Waals surface area contributed by atoms with Crippen LogP contribution in [0.15, 0.2) is 11.0 Å². The summed E-state index contributed by atoms with van der Waals surface area (Å²) in [6, 6.07) is 0.291. The third kappa shape index (κ3) is 3.40. The summed E-state index contributed by atoms with van der Waals surface area (Å²) < 4.78 is 27.4. The van der Waals surface area contributed by atoms with Gasteiger partial charge in [-0.3, -0.25) is 0 Å². The molecule has 100 valence electrons. The average molecular weight is 315 g/mol. The number of carbonyl (C=O) groups is 1. The van der Waals surface area contributed by atoms with E-state index in [4.69, 9.17) is 23.2 Å². The van der Waals surface area contributed by atoms with Gasteiger partial charge in [0.1, 0.15) is 5.82 Å². The van der Waals surface area contributed by atoms with Gasteiger partial charge >= 0.3 is 6.03 Å². The van der Waals surface area contributed by atoms with Crippen molar-refractivity contribution in [1.82, 2.24) is 4.90 Å². The SMILES string of the molecule is CN(C)C(=O)Nc1cc(F)c(SCCl)c(Cl)c1F. The highest BCUT2D eigenvalue weighted by atomic mass is 35.5. The number of benzene rings is 1. The Bertz CT molecular complexity index is 472. The molecule has 0 saturated carbocycles. The number of rotatable bonds is 3. The number of thioether (sulfide) groups is 1. The van der Waals surface area contributed by atoms with E-state index in [0.29, 0.717) is 0 Å². The van der Waals surface area contributed by atoms with E-state index < -0.39 is 22.7 Å². The maximum Gasteiger partial charge on any atom is 0.321 e. The molecule has 0 aromatic heterocycles. The van der Waals surface area contributed by atoms with Crippen LogP contribution in [0.1, 0.15) is 0 Å². The molecule has 1 rings (SSSR count). The van der Waals surface area contributed by atoms with E-state index in [9.17, 15) is 13.6 Å². The number of carbonyl (C=O) groups excluding carboxylic acids is 1. The van der Waals surface area contributed by atoms with Gasteiger partial charge in [0.2, 0.25) is 0 Å². The molecule has 0 aliphatic heterocycles. The third-order valence-corrected chi connectivity index (χ3v) is 3.55. The summed E-state index contributed by atoms with van der Waals surface area (Å²) in [6.07, 6.45) is 0. The Morgan fingerprint density at radius 2 is 2.11 bits per heavy atom. The lowest BCUT2D eigenvalue weighted by molar-refractivity contribution is 0.230. The monoisotopic (exact) mass is 314 g/mol. The molecule has 1 aromatic rings. The molecule has 0 heterocycles. The zero-order valence-corrected chi connectivity index (χ0v) is 11.9. The molecule has 0 aliphatic rings. The Balaban J connectivity index is 3.13. The first-order valence-electron chi connectivity index (χ1n) is 4.73. The largest absolute Gasteiger partial charge is 0.331 e. The second kappa shape index (κ2) is 6.45. The van der Waals surface area contributed by atoms with Crippen molar-refractivity contribution in [2.45, 2.75) is 4.90 Å². The lowest BCUT2D eigenvalue weighted by Gasteiger charge is -2.14. The van der Waals surface area contributed by atoms with Gasteiger partial charge in [-0.2, -0.15) is 0 Å². The van der Waals surface area contributed by atoms with Crippen LogP contribution in [0.4, 0.5) is 19.3 Å². The Kier molecular flexibility index (Phi) is 5.49. The minimum Gasteiger partial charge on any atom is -0.331 e. The van der Waals surface area contributed by atoms with Gasteiger partial charge in [0.15, 0.2) is 5.82 Å². The highest BCUT2D eigenvalue weighted by Gasteiger charge is 2.19. The summed E-state index contributed by atoms with van der Waals surface area (Å²) >= 11 is 12.0. The van der Waals surface area contributed by atoms with Crippen LogP contribution in [0.2, 0.25) is 5.02 Å².